The van der Waals surface area contributed by atoms with Crippen molar-refractivity contribution in [2.24, 2.45) is 5.41 Å². The molecule has 0 aromatic carbocycles. The highest BCUT2D eigenvalue weighted by molar-refractivity contribution is 5.86. The van der Waals surface area contributed by atoms with Crippen LogP contribution in [0.2, 0.25) is 0 Å². The van der Waals surface area contributed by atoms with Gasteiger partial charge in [0.15, 0.2) is 0 Å². The first-order valence-corrected chi connectivity index (χ1v) is 7.75. The van der Waals surface area contributed by atoms with Gasteiger partial charge in [-0.2, -0.15) is 0 Å². The molecule has 22 heavy (non-hydrogen) atoms. The standard InChI is InChI=1S/C16H24N2O4/c1-4-17-15(20)16(3)8-9-18(11-16)10-12-6-7-13(22-12)14(19)21-5-2/h6-7H,4-5,8-11H2,1-3H3,(H,17,20). The molecule has 1 aliphatic heterocycles. The van der Waals surface area contributed by atoms with Gasteiger partial charge in [-0.15, -0.1) is 0 Å². The molecule has 1 aliphatic rings. The van der Waals surface area contributed by atoms with Gasteiger partial charge < -0.3 is 14.5 Å². The average Bonchev–Trinajstić information content (AvgIpc) is 3.08. The molecule has 1 atom stereocenters. The zero-order chi connectivity index (χ0) is 16.2. The molecule has 6 nitrogen and oxygen atoms in total. The van der Waals surface area contributed by atoms with Crippen LogP contribution in [-0.4, -0.2) is 43.0 Å². The average molecular weight is 308 g/mol. The van der Waals surface area contributed by atoms with Crippen LogP contribution in [0.5, 0.6) is 0 Å². The predicted octanol–water partition coefficient (Wildman–Crippen LogP) is 1.80. The lowest BCUT2D eigenvalue weighted by molar-refractivity contribution is -0.129. The maximum atomic E-state index is 12.1. The number of ether oxygens (including phenoxy) is 1. The number of carbonyl (C=O) groups excluding carboxylic acids is 2. The number of nitrogens with one attached hydrogen (secondary N) is 1. The minimum absolute atomic E-state index is 0.101. The molecule has 2 heterocycles. The van der Waals surface area contributed by atoms with Crippen LogP contribution in [0.15, 0.2) is 16.5 Å². The smallest absolute Gasteiger partial charge is 0.374 e. The molecule has 0 bridgehead atoms. The Bertz CT molecular complexity index is 540. The Labute approximate surface area is 130 Å². The van der Waals surface area contributed by atoms with Crippen LogP contribution in [0.3, 0.4) is 0 Å². The molecule has 0 saturated carbocycles. The highest BCUT2D eigenvalue weighted by atomic mass is 16.5. The molecule has 0 aliphatic carbocycles. The first kappa shape index (κ1) is 16.5. The molecule has 0 spiro atoms. The maximum absolute atomic E-state index is 12.1. The van der Waals surface area contributed by atoms with E-state index in [0.717, 1.165) is 13.0 Å². The van der Waals surface area contributed by atoms with Gasteiger partial charge in [0.05, 0.1) is 18.6 Å². The maximum Gasteiger partial charge on any atom is 0.374 e. The second kappa shape index (κ2) is 6.96. The molecule has 2 rings (SSSR count). The van der Waals surface area contributed by atoms with Crippen LogP contribution in [-0.2, 0) is 16.1 Å². The van der Waals surface area contributed by atoms with E-state index in [4.69, 9.17) is 9.15 Å². The molecule has 1 fully saturated rings. The van der Waals surface area contributed by atoms with Gasteiger partial charge in [0.1, 0.15) is 5.76 Å². The summed E-state index contributed by atoms with van der Waals surface area (Å²) in [4.78, 5) is 25.9. The summed E-state index contributed by atoms with van der Waals surface area (Å²) in [6, 6.07) is 3.42. The Morgan fingerprint density at radius 3 is 2.86 bits per heavy atom. The van der Waals surface area contributed by atoms with E-state index >= 15 is 0 Å². The van der Waals surface area contributed by atoms with Crippen molar-refractivity contribution in [2.45, 2.75) is 33.7 Å². The molecule has 1 aromatic rings. The van der Waals surface area contributed by atoms with Gasteiger partial charge >= 0.3 is 5.97 Å². The largest absolute Gasteiger partial charge is 0.460 e. The van der Waals surface area contributed by atoms with E-state index in [2.05, 4.69) is 10.2 Å². The zero-order valence-electron chi connectivity index (χ0n) is 13.5. The van der Waals surface area contributed by atoms with Gasteiger partial charge in [-0.1, -0.05) is 0 Å². The number of esters is 1. The summed E-state index contributed by atoms with van der Waals surface area (Å²) >= 11 is 0. The Kier molecular flexibility index (Phi) is 5.24. The summed E-state index contributed by atoms with van der Waals surface area (Å²) in [5.74, 6) is 0.595. The molecule has 1 unspecified atom stereocenters. The molecule has 6 heteroatoms. The zero-order valence-corrected chi connectivity index (χ0v) is 13.5. The van der Waals surface area contributed by atoms with Gasteiger partial charge in [-0.05, 0) is 45.9 Å². The van der Waals surface area contributed by atoms with Gasteiger partial charge in [-0.3, -0.25) is 9.69 Å². The van der Waals surface area contributed by atoms with Gasteiger partial charge in [-0.25, -0.2) is 4.79 Å². The lowest BCUT2D eigenvalue weighted by Crippen LogP contribution is -2.40. The van der Waals surface area contributed by atoms with E-state index in [1.165, 1.54) is 0 Å². The van der Waals surface area contributed by atoms with Crippen LogP contribution in [0.1, 0.15) is 43.5 Å². The number of carbonyl (C=O) groups is 2. The van der Waals surface area contributed by atoms with E-state index in [-0.39, 0.29) is 17.1 Å². The number of amides is 1. The van der Waals surface area contributed by atoms with Crippen LogP contribution in [0.4, 0.5) is 0 Å². The first-order valence-electron chi connectivity index (χ1n) is 7.75. The molecule has 1 aromatic heterocycles. The van der Waals surface area contributed by atoms with Crippen molar-refractivity contribution in [3.63, 3.8) is 0 Å². The fourth-order valence-electron chi connectivity index (χ4n) is 2.75. The molecular weight excluding hydrogens is 284 g/mol. The summed E-state index contributed by atoms with van der Waals surface area (Å²) in [6.07, 6.45) is 0.824. The molecule has 1 saturated heterocycles. The van der Waals surface area contributed by atoms with Crippen LogP contribution < -0.4 is 5.32 Å². The lowest BCUT2D eigenvalue weighted by atomic mass is 9.89. The van der Waals surface area contributed by atoms with E-state index in [0.29, 0.717) is 32.0 Å². The van der Waals surface area contributed by atoms with Gasteiger partial charge in [0.25, 0.3) is 0 Å². The summed E-state index contributed by atoms with van der Waals surface area (Å²) < 4.78 is 10.4. The number of likely N-dealkylation sites (tertiary alicyclic amines) is 1. The first-order chi connectivity index (χ1) is 10.5. The number of furan rings is 1. The number of rotatable bonds is 6. The second-order valence-electron chi connectivity index (χ2n) is 5.87. The SMILES string of the molecule is CCNC(=O)C1(C)CCN(Cc2ccc(C(=O)OCC)o2)C1. The Balaban J connectivity index is 1.93. The molecule has 122 valence electrons. The van der Waals surface area contributed by atoms with E-state index < -0.39 is 5.97 Å². The summed E-state index contributed by atoms with van der Waals surface area (Å²) in [5.41, 5.74) is -0.355. The van der Waals surface area contributed by atoms with Crippen molar-refractivity contribution < 1.29 is 18.7 Å². The predicted molar refractivity (Wildman–Crippen MR) is 81.3 cm³/mol. The van der Waals surface area contributed by atoms with E-state index in [1.807, 2.05) is 13.8 Å². The number of hydrogen-bond donors (Lipinski definition) is 1. The van der Waals surface area contributed by atoms with Crippen LogP contribution in [0.25, 0.3) is 0 Å². The fraction of sp³-hybridized carbons (Fsp3) is 0.625. The van der Waals surface area contributed by atoms with Crippen LogP contribution >= 0.6 is 0 Å². The van der Waals surface area contributed by atoms with Crippen molar-refractivity contribution in [3.05, 3.63) is 23.7 Å². The molecule has 1 N–H and O–H groups in total. The monoisotopic (exact) mass is 308 g/mol. The third-order valence-corrected chi connectivity index (χ3v) is 3.96. The minimum atomic E-state index is -0.442. The Morgan fingerprint density at radius 1 is 1.41 bits per heavy atom. The second-order valence-corrected chi connectivity index (χ2v) is 5.87. The number of hydrogen-bond acceptors (Lipinski definition) is 5. The molecule has 1 amide bonds. The van der Waals surface area contributed by atoms with Crippen molar-refractivity contribution in [1.82, 2.24) is 10.2 Å². The Hall–Kier alpha value is -1.82. The van der Waals surface area contributed by atoms with Gasteiger partial charge in [0, 0.05) is 13.1 Å². The van der Waals surface area contributed by atoms with E-state index in [1.54, 1.807) is 19.1 Å². The molecule has 0 radical (unpaired) electrons. The van der Waals surface area contributed by atoms with Crippen molar-refractivity contribution >= 4 is 11.9 Å². The van der Waals surface area contributed by atoms with Gasteiger partial charge in [0.2, 0.25) is 11.7 Å². The third-order valence-electron chi connectivity index (χ3n) is 3.96. The number of nitrogens with zero attached hydrogens (tertiary/aromatic N) is 1. The fourth-order valence-corrected chi connectivity index (χ4v) is 2.75. The van der Waals surface area contributed by atoms with Crippen molar-refractivity contribution in [2.75, 3.05) is 26.2 Å². The highest BCUT2D eigenvalue weighted by Crippen LogP contribution is 2.31. The normalized spacial score (nSPS) is 21.8. The summed E-state index contributed by atoms with van der Waals surface area (Å²) in [7, 11) is 0. The van der Waals surface area contributed by atoms with Crippen LogP contribution in [0, 0.1) is 5.41 Å². The lowest BCUT2D eigenvalue weighted by Gasteiger charge is -2.23. The topological polar surface area (TPSA) is 71.8 Å². The Morgan fingerprint density at radius 2 is 2.18 bits per heavy atom. The minimum Gasteiger partial charge on any atom is -0.460 e. The van der Waals surface area contributed by atoms with Crippen molar-refractivity contribution in [3.8, 4) is 0 Å². The molecular formula is C16H24N2O4. The third kappa shape index (κ3) is 3.68. The summed E-state index contributed by atoms with van der Waals surface area (Å²) in [6.45, 7) is 8.76. The quantitative estimate of drug-likeness (QED) is 0.811. The van der Waals surface area contributed by atoms with Crippen molar-refractivity contribution in [1.29, 1.82) is 0 Å². The summed E-state index contributed by atoms with van der Waals surface area (Å²) in [5, 5.41) is 2.90. The highest BCUT2D eigenvalue weighted by Gasteiger charge is 2.40. The van der Waals surface area contributed by atoms with E-state index in [9.17, 15) is 9.59 Å².